The second kappa shape index (κ2) is 9.16. The molecule has 1 fully saturated rings. The summed E-state index contributed by atoms with van der Waals surface area (Å²) in [7, 11) is 0. The fraction of sp³-hybridized carbons (Fsp3) is 0.500. The number of piperidine rings is 1. The summed E-state index contributed by atoms with van der Waals surface area (Å²) in [5.41, 5.74) is 6.15. The Labute approximate surface area is 151 Å². The number of carbonyl (C=O) groups is 1. The van der Waals surface area contributed by atoms with Gasteiger partial charge in [0.1, 0.15) is 0 Å². The van der Waals surface area contributed by atoms with Gasteiger partial charge in [-0.1, -0.05) is 41.2 Å². The van der Waals surface area contributed by atoms with Gasteiger partial charge in [0.2, 0.25) is 5.91 Å². The lowest BCUT2D eigenvalue weighted by Gasteiger charge is -2.34. The molecule has 0 saturated carbocycles. The Morgan fingerprint density at radius 2 is 1.91 bits per heavy atom. The van der Waals surface area contributed by atoms with E-state index in [2.05, 4.69) is 10.2 Å². The van der Waals surface area contributed by atoms with Crippen LogP contribution in [0, 0.1) is 0 Å². The van der Waals surface area contributed by atoms with Crippen LogP contribution in [-0.4, -0.2) is 36.5 Å². The monoisotopic (exact) mass is 385 g/mol. The molecule has 1 saturated heterocycles. The number of rotatable bonds is 4. The number of nitrogens with two attached hydrogens (primary N) is 1. The van der Waals surface area contributed by atoms with Crippen molar-refractivity contribution < 1.29 is 4.79 Å². The topological polar surface area (TPSA) is 58.4 Å². The quantitative estimate of drug-likeness (QED) is 0.826. The first-order valence-electron chi connectivity index (χ1n) is 6.89. The van der Waals surface area contributed by atoms with Crippen LogP contribution in [0.25, 0.3) is 0 Å². The molecule has 4 nitrogen and oxygen atoms in total. The molecule has 8 heteroatoms. The van der Waals surface area contributed by atoms with Crippen LogP contribution in [0.5, 0.6) is 0 Å². The van der Waals surface area contributed by atoms with E-state index in [4.69, 9.17) is 40.5 Å². The Balaban J connectivity index is 0.00000242. The third kappa shape index (κ3) is 5.15. The normalized spacial score (nSPS) is 18.6. The van der Waals surface area contributed by atoms with Gasteiger partial charge in [0, 0.05) is 17.6 Å². The fourth-order valence-corrected chi connectivity index (χ4v) is 3.47. The van der Waals surface area contributed by atoms with E-state index in [9.17, 15) is 4.79 Å². The van der Waals surface area contributed by atoms with Crippen molar-refractivity contribution in [3.63, 3.8) is 0 Å². The SMILES string of the molecule is Cl.NCC1CCCCN1CC(=O)Nc1c(Cl)cc(Cl)cc1Cl. The predicted molar refractivity (Wildman–Crippen MR) is 95.6 cm³/mol. The third-order valence-corrected chi connectivity index (χ3v) is 4.45. The molecule has 1 aromatic rings. The van der Waals surface area contributed by atoms with E-state index < -0.39 is 0 Å². The molecule has 124 valence electrons. The van der Waals surface area contributed by atoms with E-state index in [1.807, 2.05) is 0 Å². The molecule has 0 aromatic heterocycles. The number of nitrogens with zero attached hydrogens (tertiary/aromatic N) is 1. The number of amides is 1. The number of anilines is 1. The van der Waals surface area contributed by atoms with E-state index in [1.165, 1.54) is 0 Å². The summed E-state index contributed by atoms with van der Waals surface area (Å²) in [4.78, 5) is 14.3. The van der Waals surface area contributed by atoms with Gasteiger partial charge in [0.15, 0.2) is 0 Å². The van der Waals surface area contributed by atoms with Crippen LogP contribution in [0.2, 0.25) is 15.1 Å². The summed E-state index contributed by atoms with van der Waals surface area (Å²) < 4.78 is 0. The Kier molecular flexibility index (Phi) is 8.25. The van der Waals surface area contributed by atoms with Crippen LogP contribution in [0.15, 0.2) is 12.1 Å². The first-order chi connectivity index (χ1) is 10.0. The Morgan fingerprint density at radius 3 is 2.50 bits per heavy atom. The van der Waals surface area contributed by atoms with Crippen molar-refractivity contribution in [2.75, 3.05) is 25.0 Å². The van der Waals surface area contributed by atoms with Crippen molar-refractivity contribution >= 4 is 58.8 Å². The van der Waals surface area contributed by atoms with Gasteiger partial charge in [-0.3, -0.25) is 9.69 Å². The van der Waals surface area contributed by atoms with Gasteiger partial charge < -0.3 is 11.1 Å². The average molecular weight is 387 g/mol. The van der Waals surface area contributed by atoms with E-state index in [0.29, 0.717) is 27.3 Å². The maximum Gasteiger partial charge on any atom is 0.238 e. The zero-order valence-electron chi connectivity index (χ0n) is 11.9. The summed E-state index contributed by atoms with van der Waals surface area (Å²) in [5.74, 6) is -0.151. The first kappa shape index (κ1) is 19.8. The molecule has 1 aliphatic heterocycles. The lowest BCUT2D eigenvalue weighted by molar-refractivity contribution is -0.118. The minimum atomic E-state index is -0.151. The maximum absolute atomic E-state index is 12.2. The van der Waals surface area contributed by atoms with Crippen LogP contribution in [0.4, 0.5) is 5.69 Å². The first-order valence-corrected chi connectivity index (χ1v) is 8.03. The van der Waals surface area contributed by atoms with Crippen molar-refractivity contribution in [1.82, 2.24) is 4.90 Å². The van der Waals surface area contributed by atoms with Gasteiger partial charge in [-0.05, 0) is 31.5 Å². The van der Waals surface area contributed by atoms with Crippen molar-refractivity contribution in [1.29, 1.82) is 0 Å². The van der Waals surface area contributed by atoms with Crippen LogP contribution in [-0.2, 0) is 4.79 Å². The largest absolute Gasteiger partial charge is 0.329 e. The molecule has 1 unspecified atom stereocenters. The second-order valence-electron chi connectivity index (χ2n) is 5.15. The van der Waals surface area contributed by atoms with Crippen LogP contribution in [0.3, 0.4) is 0 Å². The zero-order chi connectivity index (χ0) is 15.4. The maximum atomic E-state index is 12.2. The molecule has 3 N–H and O–H groups in total. The van der Waals surface area contributed by atoms with Gasteiger partial charge in [0.25, 0.3) is 0 Å². The number of benzene rings is 1. The number of halogens is 4. The van der Waals surface area contributed by atoms with E-state index >= 15 is 0 Å². The number of likely N-dealkylation sites (tertiary alicyclic amines) is 1. The van der Waals surface area contributed by atoms with E-state index in [0.717, 1.165) is 25.8 Å². The van der Waals surface area contributed by atoms with Crippen molar-refractivity contribution in [2.24, 2.45) is 5.73 Å². The molecular weight excluding hydrogens is 368 g/mol. The van der Waals surface area contributed by atoms with Crippen molar-refractivity contribution in [3.05, 3.63) is 27.2 Å². The predicted octanol–water partition coefficient (Wildman–Crippen LogP) is 3.82. The number of hydrogen-bond acceptors (Lipinski definition) is 3. The smallest absolute Gasteiger partial charge is 0.238 e. The molecular formula is C14H19Cl4N3O. The molecule has 22 heavy (non-hydrogen) atoms. The van der Waals surface area contributed by atoms with Crippen LogP contribution < -0.4 is 11.1 Å². The van der Waals surface area contributed by atoms with Crippen molar-refractivity contribution in [3.8, 4) is 0 Å². The average Bonchev–Trinajstić information content (AvgIpc) is 2.43. The third-order valence-electron chi connectivity index (χ3n) is 3.64. The molecule has 1 atom stereocenters. The highest BCUT2D eigenvalue weighted by Gasteiger charge is 2.23. The zero-order valence-corrected chi connectivity index (χ0v) is 15.0. The van der Waals surface area contributed by atoms with Gasteiger partial charge >= 0.3 is 0 Å². The fourth-order valence-electron chi connectivity index (χ4n) is 2.56. The summed E-state index contributed by atoms with van der Waals surface area (Å²) in [6.45, 7) is 1.74. The molecule has 0 aliphatic carbocycles. The summed E-state index contributed by atoms with van der Waals surface area (Å²) in [6.07, 6.45) is 3.29. The van der Waals surface area contributed by atoms with Gasteiger partial charge in [-0.25, -0.2) is 0 Å². The van der Waals surface area contributed by atoms with E-state index in [-0.39, 0.29) is 30.9 Å². The number of nitrogens with one attached hydrogen (secondary N) is 1. The van der Waals surface area contributed by atoms with Gasteiger partial charge in [-0.2, -0.15) is 0 Å². The van der Waals surface area contributed by atoms with Crippen LogP contribution >= 0.6 is 47.2 Å². The van der Waals surface area contributed by atoms with Crippen LogP contribution in [0.1, 0.15) is 19.3 Å². The summed E-state index contributed by atoms with van der Waals surface area (Å²) >= 11 is 18.0. The lowest BCUT2D eigenvalue weighted by Crippen LogP contribution is -2.47. The molecule has 1 aliphatic rings. The minimum Gasteiger partial charge on any atom is -0.329 e. The molecule has 1 heterocycles. The number of carbonyl (C=O) groups excluding carboxylic acids is 1. The second-order valence-corrected chi connectivity index (χ2v) is 6.40. The minimum absolute atomic E-state index is 0. The molecule has 0 spiro atoms. The standard InChI is InChI=1S/C14H18Cl3N3O.ClH/c15-9-5-11(16)14(12(17)6-9)19-13(21)8-20-4-2-1-3-10(20)7-18;/h5-6,10H,1-4,7-8,18H2,(H,19,21);1H. The molecule has 2 rings (SSSR count). The Bertz CT molecular complexity index is 504. The number of hydrogen-bond donors (Lipinski definition) is 2. The lowest BCUT2D eigenvalue weighted by atomic mass is 10.0. The molecule has 0 bridgehead atoms. The highest BCUT2D eigenvalue weighted by atomic mass is 35.5. The summed E-state index contributed by atoms with van der Waals surface area (Å²) in [5, 5.41) is 3.84. The summed E-state index contributed by atoms with van der Waals surface area (Å²) in [6, 6.07) is 3.36. The molecule has 0 radical (unpaired) electrons. The van der Waals surface area contributed by atoms with Gasteiger partial charge in [-0.15, -0.1) is 12.4 Å². The highest BCUT2D eigenvalue weighted by Crippen LogP contribution is 2.33. The molecule has 1 aromatic carbocycles. The Morgan fingerprint density at radius 1 is 1.27 bits per heavy atom. The van der Waals surface area contributed by atoms with E-state index in [1.54, 1.807) is 12.1 Å². The van der Waals surface area contributed by atoms with Crippen molar-refractivity contribution in [2.45, 2.75) is 25.3 Å². The Hall–Kier alpha value is -0.230. The highest BCUT2D eigenvalue weighted by molar-refractivity contribution is 6.42. The molecule has 1 amide bonds. The van der Waals surface area contributed by atoms with Gasteiger partial charge in [0.05, 0.1) is 22.3 Å².